The first-order chi connectivity index (χ1) is 19.6. The third-order valence-corrected chi connectivity index (χ3v) is 10.5. The molecule has 1 saturated carbocycles. The number of aliphatic hydroxyl groups excluding tert-OH is 2. The molecule has 1 amide bonds. The molecule has 1 heterocycles. The van der Waals surface area contributed by atoms with Crippen LogP contribution in [0.25, 0.3) is 5.76 Å². The lowest BCUT2D eigenvalue weighted by atomic mass is 9.57. The predicted molar refractivity (Wildman–Crippen MR) is 154 cm³/mol. The summed E-state index contributed by atoms with van der Waals surface area (Å²) in [6.45, 7) is 5.33. The molecule has 6 unspecified atom stereocenters. The van der Waals surface area contributed by atoms with Crippen molar-refractivity contribution in [1.29, 1.82) is 0 Å². The monoisotopic (exact) mass is 584 g/mol. The van der Waals surface area contributed by atoms with E-state index in [1.54, 1.807) is 27.3 Å². The van der Waals surface area contributed by atoms with Crippen LogP contribution in [0.3, 0.4) is 0 Å². The Kier molecular flexibility index (Phi) is 7.23. The Morgan fingerprint density at radius 1 is 1.19 bits per heavy atom. The largest absolute Gasteiger partial charge is 0.508 e. The van der Waals surface area contributed by atoms with Crippen LogP contribution in [0.1, 0.15) is 62.3 Å². The second-order valence-corrected chi connectivity index (χ2v) is 13.0. The number of hydrogen-bond acceptors (Lipinski definition) is 9. The van der Waals surface area contributed by atoms with Crippen molar-refractivity contribution >= 4 is 23.2 Å². The van der Waals surface area contributed by atoms with Crippen LogP contribution in [0.5, 0.6) is 11.5 Å². The van der Waals surface area contributed by atoms with Gasteiger partial charge in [0.15, 0.2) is 11.4 Å². The lowest BCUT2D eigenvalue weighted by molar-refractivity contribution is -0.963. The van der Waals surface area contributed by atoms with E-state index in [0.29, 0.717) is 17.4 Å². The highest BCUT2D eigenvalue weighted by molar-refractivity contribution is 6.24. The number of primary amides is 1. The average molecular weight is 585 g/mol. The smallest absolute Gasteiger partial charge is 0.255 e. The first kappa shape index (κ1) is 30.1. The Balaban J connectivity index is 1.72. The van der Waals surface area contributed by atoms with Gasteiger partial charge in [0.25, 0.3) is 5.91 Å². The van der Waals surface area contributed by atoms with Crippen molar-refractivity contribution in [1.82, 2.24) is 4.90 Å². The van der Waals surface area contributed by atoms with Gasteiger partial charge < -0.3 is 35.4 Å². The number of nitrogens with two attached hydrogens (primary N) is 1. The van der Waals surface area contributed by atoms with E-state index < -0.39 is 58.0 Å². The van der Waals surface area contributed by atoms with Gasteiger partial charge in [-0.3, -0.25) is 19.3 Å². The first-order valence-corrected chi connectivity index (χ1v) is 14.5. The fourth-order valence-electron chi connectivity index (χ4n) is 8.14. The van der Waals surface area contributed by atoms with Crippen molar-refractivity contribution in [2.24, 2.45) is 17.6 Å². The third-order valence-electron chi connectivity index (χ3n) is 10.5. The summed E-state index contributed by atoms with van der Waals surface area (Å²) < 4.78 is 6.75. The number of quaternary nitrogens is 1. The average Bonchev–Trinajstić information content (AvgIpc) is 2.90. The maximum Gasteiger partial charge on any atom is 0.255 e. The highest BCUT2D eigenvalue weighted by atomic mass is 16.5. The summed E-state index contributed by atoms with van der Waals surface area (Å²) in [5.41, 5.74) is 3.17. The molecule has 0 bridgehead atoms. The number of nitrogens with zero attached hydrogens (tertiary/aromatic N) is 2. The number of aliphatic hydroxyl groups is 3. The molecular formula is C31H42N3O8+. The number of rotatable bonds is 5. The molecule has 6 N–H and O–H groups in total. The molecule has 6 atom stereocenters. The summed E-state index contributed by atoms with van der Waals surface area (Å²) in [4.78, 5) is 41.1. The van der Waals surface area contributed by atoms with Crippen molar-refractivity contribution in [3.8, 4) is 11.5 Å². The van der Waals surface area contributed by atoms with Crippen molar-refractivity contribution in [2.45, 2.75) is 69.7 Å². The van der Waals surface area contributed by atoms with Gasteiger partial charge in [-0.25, -0.2) is 0 Å². The predicted octanol–water partition coefficient (Wildman–Crippen LogP) is 2.05. The van der Waals surface area contributed by atoms with Gasteiger partial charge in [-0.05, 0) is 65.6 Å². The van der Waals surface area contributed by atoms with Gasteiger partial charge >= 0.3 is 0 Å². The topological polar surface area (TPSA) is 171 Å². The van der Waals surface area contributed by atoms with Crippen molar-refractivity contribution in [3.63, 3.8) is 0 Å². The third kappa shape index (κ3) is 3.93. The van der Waals surface area contributed by atoms with E-state index in [-0.39, 0.29) is 35.8 Å². The van der Waals surface area contributed by atoms with E-state index in [1.165, 1.54) is 4.90 Å². The molecule has 0 radical (unpaired) electrons. The zero-order valence-electron chi connectivity index (χ0n) is 25.1. The number of ether oxygens (including phenoxy) is 1. The molecule has 0 aromatic heterocycles. The number of benzene rings is 1. The Morgan fingerprint density at radius 3 is 2.43 bits per heavy atom. The maximum absolute atomic E-state index is 14.1. The standard InChI is InChI=1S/C31H41N3O8/c1-14(2)34(5)10-8-7-9-19(34)16-13-20(35)22-17(27(16)42-6)11-15-12-18-24(33(3)4)26(37)23(30(32)40)29(39)31(18,41)28(38)21(15)25(22)36/h13-15,18-19,24,41H,7-12H2,1-6H3,(H4-,32,35,36,37,38,39,40)/p+1. The first-order valence-electron chi connectivity index (χ1n) is 14.5. The fraction of sp³-hybridized carbons (Fsp3) is 0.581. The molecule has 3 aliphatic carbocycles. The molecule has 11 nitrogen and oxygen atoms in total. The number of aromatic hydroxyl groups is 1. The van der Waals surface area contributed by atoms with E-state index >= 15 is 0 Å². The summed E-state index contributed by atoms with van der Waals surface area (Å²) in [5, 5.41) is 45.7. The molecule has 0 spiro atoms. The van der Waals surface area contributed by atoms with Gasteiger partial charge in [-0.1, -0.05) is 0 Å². The molecule has 1 saturated heterocycles. The molecule has 4 aliphatic rings. The molecule has 2 fully saturated rings. The summed E-state index contributed by atoms with van der Waals surface area (Å²) in [6.07, 6.45) is 3.24. The number of carbonyl (C=O) groups excluding carboxylic acids is 3. The van der Waals surface area contributed by atoms with Crippen LogP contribution in [-0.4, -0.2) is 99.8 Å². The van der Waals surface area contributed by atoms with E-state index in [9.17, 15) is 34.8 Å². The van der Waals surface area contributed by atoms with Crippen LogP contribution in [0.15, 0.2) is 23.0 Å². The van der Waals surface area contributed by atoms with E-state index in [2.05, 4.69) is 20.9 Å². The van der Waals surface area contributed by atoms with Crippen LogP contribution in [0.4, 0.5) is 0 Å². The maximum atomic E-state index is 14.1. The van der Waals surface area contributed by atoms with Crippen LogP contribution < -0.4 is 10.5 Å². The van der Waals surface area contributed by atoms with Gasteiger partial charge in [0, 0.05) is 23.5 Å². The van der Waals surface area contributed by atoms with Gasteiger partial charge in [0.2, 0.25) is 5.78 Å². The number of hydrogen-bond donors (Lipinski definition) is 5. The summed E-state index contributed by atoms with van der Waals surface area (Å²) in [5.74, 6) is -6.13. The number of amides is 1. The Morgan fingerprint density at radius 2 is 1.86 bits per heavy atom. The normalized spacial score (nSPS) is 33.1. The quantitative estimate of drug-likeness (QED) is 0.257. The van der Waals surface area contributed by atoms with Gasteiger partial charge in [-0.2, -0.15) is 0 Å². The molecule has 1 aromatic rings. The highest BCUT2D eigenvalue weighted by Crippen LogP contribution is 2.55. The second kappa shape index (κ2) is 10.1. The molecular weight excluding hydrogens is 542 g/mol. The van der Waals surface area contributed by atoms with Crippen LogP contribution in [0.2, 0.25) is 0 Å². The number of ketones is 2. The number of phenolic OH excluding ortho intramolecular Hbond substituents is 1. The lowest BCUT2D eigenvalue weighted by Crippen LogP contribution is -2.65. The number of piperidine rings is 1. The van der Waals surface area contributed by atoms with Crippen molar-refractivity contribution < 1.29 is 44.0 Å². The Hall–Kier alpha value is -3.41. The van der Waals surface area contributed by atoms with Crippen molar-refractivity contribution in [3.05, 3.63) is 39.7 Å². The lowest BCUT2D eigenvalue weighted by Gasteiger charge is -2.50. The Bertz CT molecular complexity index is 1450. The number of fused-ring (bicyclic) bond motifs is 3. The number of phenols is 1. The van der Waals surface area contributed by atoms with Gasteiger partial charge in [-0.15, -0.1) is 0 Å². The molecule has 228 valence electrons. The minimum atomic E-state index is -2.66. The molecule has 42 heavy (non-hydrogen) atoms. The van der Waals surface area contributed by atoms with E-state index in [0.717, 1.165) is 35.9 Å². The van der Waals surface area contributed by atoms with E-state index in [1.807, 2.05) is 0 Å². The van der Waals surface area contributed by atoms with Crippen LogP contribution in [-0.2, 0) is 20.8 Å². The molecule has 1 aromatic carbocycles. The summed E-state index contributed by atoms with van der Waals surface area (Å²) in [7, 11) is 6.92. The highest BCUT2D eigenvalue weighted by Gasteiger charge is 2.64. The zero-order valence-corrected chi connectivity index (χ0v) is 25.1. The minimum Gasteiger partial charge on any atom is -0.508 e. The zero-order chi connectivity index (χ0) is 31.0. The SMILES string of the molecule is COc1c(C2CCCC[N+]2(C)C(C)C)cc(O)c2c1CC1CC3C(N(C)C)C(=O)C(C(N)=O)=C(O)C3(O)C(=O)C1=C2O. The molecule has 11 heteroatoms. The van der Waals surface area contributed by atoms with Gasteiger partial charge in [0.1, 0.15) is 34.6 Å². The summed E-state index contributed by atoms with van der Waals surface area (Å²) >= 11 is 0. The second-order valence-electron chi connectivity index (χ2n) is 13.0. The Labute approximate surface area is 245 Å². The number of likely N-dealkylation sites (N-methyl/N-ethyl adjacent to an activating group) is 1. The number of methoxy groups -OCH3 is 1. The van der Waals surface area contributed by atoms with Crippen molar-refractivity contribution in [2.75, 3.05) is 34.8 Å². The van der Waals surface area contributed by atoms with Crippen LogP contribution in [0, 0.1) is 11.8 Å². The van der Waals surface area contributed by atoms with E-state index in [4.69, 9.17) is 10.5 Å². The fourth-order valence-corrected chi connectivity index (χ4v) is 8.14. The minimum absolute atomic E-state index is 0.0309. The summed E-state index contributed by atoms with van der Waals surface area (Å²) in [6, 6.07) is 0.831. The number of carbonyl (C=O) groups is 3. The number of Topliss-reactive ketones (excluding diaryl/α,β-unsaturated/α-hetero) is 2. The van der Waals surface area contributed by atoms with Gasteiger partial charge in [0.05, 0.1) is 43.9 Å². The number of likely N-dealkylation sites (tertiary alicyclic amines) is 1. The molecule has 1 aliphatic heterocycles. The van der Waals surface area contributed by atoms with Crippen LogP contribution >= 0.6 is 0 Å². The molecule has 5 rings (SSSR count).